The van der Waals surface area contributed by atoms with Crippen molar-refractivity contribution in [3.63, 3.8) is 0 Å². The van der Waals surface area contributed by atoms with Gasteiger partial charge in [-0.3, -0.25) is 4.79 Å². The summed E-state index contributed by atoms with van der Waals surface area (Å²) in [4.78, 5) is 19.4. The molecular formula is C15H21F2N3O. The van der Waals surface area contributed by atoms with Gasteiger partial charge >= 0.3 is 0 Å². The van der Waals surface area contributed by atoms with Crippen LogP contribution >= 0.6 is 0 Å². The van der Waals surface area contributed by atoms with Gasteiger partial charge in [-0.15, -0.1) is 0 Å². The maximum atomic E-state index is 13.7. The molecular weight excluding hydrogens is 276 g/mol. The number of carbonyl (C=O) groups excluding carboxylic acids is 1. The fraction of sp³-hybridized carbons (Fsp3) is 0.600. The van der Waals surface area contributed by atoms with Gasteiger partial charge in [-0.2, -0.15) is 4.39 Å². The highest BCUT2D eigenvalue weighted by Gasteiger charge is 2.28. The molecule has 0 atom stereocenters. The Labute approximate surface area is 123 Å². The van der Waals surface area contributed by atoms with Crippen molar-refractivity contribution in [2.45, 2.75) is 38.8 Å². The van der Waals surface area contributed by atoms with Crippen molar-refractivity contribution < 1.29 is 13.6 Å². The highest BCUT2D eigenvalue weighted by Crippen LogP contribution is 2.20. The van der Waals surface area contributed by atoms with Gasteiger partial charge in [-0.25, -0.2) is 9.37 Å². The molecule has 0 spiro atoms. The van der Waals surface area contributed by atoms with Crippen molar-refractivity contribution in [1.82, 2.24) is 14.8 Å². The number of rotatable bonds is 3. The normalized spacial score (nSPS) is 17.2. The third kappa shape index (κ3) is 3.37. The molecule has 0 aromatic carbocycles. The lowest BCUT2D eigenvalue weighted by Crippen LogP contribution is -2.47. The number of hydrogen-bond acceptors (Lipinski definition) is 3. The first kappa shape index (κ1) is 15.8. The number of amides is 1. The van der Waals surface area contributed by atoms with E-state index in [4.69, 9.17) is 0 Å². The molecule has 1 amide bonds. The third-order valence-corrected chi connectivity index (χ3v) is 4.17. The average molecular weight is 297 g/mol. The SMILES string of the molecule is CC(C)N1CCC(N(C)C(=O)c2ccnc(F)c2F)CC1. The van der Waals surface area contributed by atoms with Crippen molar-refractivity contribution in [2.75, 3.05) is 20.1 Å². The zero-order chi connectivity index (χ0) is 15.6. The van der Waals surface area contributed by atoms with E-state index in [1.807, 2.05) is 0 Å². The third-order valence-electron chi connectivity index (χ3n) is 4.17. The molecule has 0 unspecified atom stereocenters. The molecule has 116 valence electrons. The lowest BCUT2D eigenvalue weighted by molar-refractivity contribution is 0.0609. The second kappa shape index (κ2) is 6.47. The van der Waals surface area contributed by atoms with Gasteiger partial charge < -0.3 is 9.80 Å². The first-order valence-electron chi connectivity index (χ1n) is 7.23. The predicted molar refractivity (Wildman–Crippen MR) is 76.0 cm³/mol. The van der Waals surface area contributed by atoms with E-state index in [2.05, 4.69) is 23.7 Å². The zero-order valence-corrected chi connectivity index (χ0v) is 12.6. The fourth-order valence-corrected chi connectivity index (χ4v) is 2.73. The minimum atomic E-state index is -1.23. The van der Waals surface area contributed by atoms with Gasteiger partial charge in [0.05, 0.1) is 5.56 Å². The van der Waals surface area contributed by atoms with Gasteiger partial charge in [0.15, 0.2) is 5.82 Å². The molecule has 0 N–H and O–H groups in total. The Balaban J connectivity index is 2.05. The highest BCUT2D eigenvalue weighted by molar-refractivity contribution is 5.94. The zero-order valence-electron chi connectivity index (χ0n) is 12.6. The lowest BCUT2D eigenvalue weighted by Gasteiger charge is -2.38. The van der Waals surface area contributed by atoms with E-state index in [-0.39, 0.29) is 11.6 Å². The van der Waals surface area contributed by atoms with Crippen LogP contribution in [0, 0.1) is 11.8 Å². The molecule has 1 aromatic rings. The first-order chi connectivity index (χ1) is 9.91. The van der Waals surface area contributed by atoms with E-state index in [0.29, 0.717) is 6.04 Å². The van der Waals surface area contributed by atoms with Crippen LogP contribution < -0.4 is 0 Å². The van der Waals surface area contributed by atoms with E-state index < -0.39 is 17.7 Å². The number of nitrogens with zero attached hydrogens (tertiary/aromatic N) is 3. The monoisotopic (exact) mass is 297 g/mol. The molecule has 0 bridgehead atoms. The van der Waals surface area contributed by atoms with Crippen LogP contribution in [0.1, 0.15) is 37.0 Å². The van der Waals surface area contributed by atoms with E-state index in [9.17, 15) is 13.6 Å². The summed E-state index contributed by atoms with van der Waals surface area (Å²) in [5, 5.41) is 0. The van der Waals surface area contributed by atoms with E-state index >= 15 is 0 Å². The van der Waals surface area contributed by atoms with Crippen molar-refractivity contribution in [3.05, 3.63) is 29.6 Å². The molecule has 6 heteroatoms. The van der Waals surface area contributed by atoms with Crippen LogP contribution in [0.4, 0.5) is 8.78 Å². The second-order valence-electron chi connectivity index (χ2n) is 5.74. The van der Waals surface area contributed by atoms with Crippen LogP contribution in [0.5, 0.6) is 0 Å². The molecule has 0 saturated carbocycles. The van der Waals surface area contributed by atoms with Gasteiger partial charge in [0.1, 0.15) is 0 Å². The average Bonchev–Trinajstić information content (AvgIpc) is 2.48. The number of aromatic nitrogens is 1. The van der Waals surface area contributed by atoms with Crippen molar-refractivity contribution >= 4 is 5.91 Å². The summed E-state index contributed by atoms with van der Waals surface area (Å²) in [6, 6.07) is 1.77. The van der Waals surface area contributed by atoms with Crippen LogP contribution in [0.25, 0.3) is 0 Å². The van der Waals surface area contributed by atoms with Crippen LogP contribution in [-0.2, 0) is 0 Å². The molecule has 1 aromatic heterocycles. The summed E-state index contributed by atoms with van der Waals surface area (Å²) in [6.45, 7) is 6.11. The molecule has 1 aliphatic heterocycles. The largest absolute Gasteiger partial charge is 0.339 e. The van der Waals surface area contributed by atoms with Gasteiger partial charge in [0.25, 0.3) is 5.91 Å². The Bertz CT molecular complexity index is 514. The van der Waals surface area contributed by atoms with Crippen molar-refractivity contribution in [2.24, 2.45) is 0 Å². The lowest BCUT2D eigenvalue weighted by atomic mass is 10.0. The van der Waals surface area contributed by atoms with Gasteiger partial charge in [0.2, 0.25) is 5.95 Å². The Kier molecular flexibility index (Phi) is 4.88. The smallest absolute Gasteiger partial charge is 0.257 e. The number of pyridine rings is 1. The fourth-order valence-electron chi connectivity index (χ4n) is 2.73. The maximum absolute atomic E-state index is 13.7. The van der Waals surface area contributed by atoms with Crippen molar-refractivity contribution in [3.8, 4) is 0 Å². The van der Waals surface area contributed by atoms with Crippen LogP contribution in [-0.4, -0.2) is 52.9 Å². The molecule has 0 radical (unpaired) electrons. The summed E-state index contributed by atoms with van der Waals surface area (Å²) in [5.74, 6) is -2.89. The van der Waals surface area contributed by atoms with Gasteiger partial charge in [0, 0.05) is 38.4 Å². The molecule has 2 rings (SSSR count). The minimum Gasteiger partial charge on any atom is -0.339 e. The topological polar surface area (TPSA) is 36.4 Å². The standard InChI is InChI=1S/C15H21F2N3O/c1-10(2)20-8-5-11(6-9-20)19(3)15(21)12-4-7-18-14(17)13(12)16/h4,7,10-11H,5-6,8-9H2,1-3H3. The summed E-state index contributed by atoms with van der Waals surface area (Å²) in [6.07, 6.45) is 2.80. The number of likely N-dealkylation sites (tertiary alicyclic amines) is 1. The number of hydrogen-bond donors (Lipinski definition) is 0. The van der Waals surface area contributed by atoms with Crippen LogP contribution in [0.2, 0.25) is 0 Å². The summed E-state index contributed by atoms with van der Waals surface area (Å²) in [5.41, 5.74) is -0.253. The van der Waals surface area contributed by atoms with Crippen LogP contribution in [0.15, 0.2) is 12.3 Å². The Morgan fingerprint density at radius 2 is 2.00 bits per heavy atom. The first-order valence-corrected chi connectivity index (χ1v) is 7.23. The Morgan fingerprint density at radius 3 is 2.57 bits per heavy atom. The number of piperidine rings is 1. The van der Waals surface area contributed by atoms with Crippen molar-refractivity contribution in [1.29, 1.82) is 0 Å². The van der Waals surface area contributed by atoms with E-state index in [0.717, 1.165) is 32.1 Å². The maximum Gasteiger partial charge on any atom is 0.257 e. The number of carbonyl (C=O) groups is 1. The molecule has 2 heterocycles. The van der Waals surface area contributed by atoms with Crippen LogP contribution in [0.3, 0.4) is 0 Å². The minimum absolute atomic E-state index is 0.0585. The van der Waals surface area contributed by atoms with Gasteiger partial charge in [-0.05, 0) is 32.8 Å². The molecule has 4 nitrogen and oxygen atoms in total. The van der Waals surface area contributed by atoms with E-state index in [1.54, 1.807) is 7.05 Å². The van der Waals surface area contributed by atoms with E-state index in [1.165, 1.54) is 11.0 Å². The summed E-state index contributed by atoms with van der Waals surface area (Å²) < 4.78 is 26.8. The summed E-state index contributed by atoms with van der Waals surface area (Å²) in [7, 11) is 1.65. The molecule has 1 fully saturated rings. The number of halogens is 2. The molecule has 1 aliphatic rings. The quantitative estimate of drug-likeness (QED) is 0.803. The molecule has 1 saturated heterocycles. The second-order valence-corrected chi connectivity index (χ2v) is 5.74. The predicted octanol–water partition coefficient (Wildman–Crippen LogP) is 2.30. The Morgan fingerprint density at radius 1 is 1.38 bits per heavy atom. The Hall–Kier alpha value is -1.56. The molecule has 0 aliphatic carbocycles. The van der Waals surface area contributed by atoms with Gasteiger partial charge in [-0.1, -0.05) is 0 Å². The molecule has 21 heavy (non-hydrogen) atoms. The summed E-state index contributed by atoms with van der Waals surface area (Å²) >= 11 is 0. The highest BCUT2D eigenvalue weighted by atomic mass is 19.2.